The number of phenols is 1. The number of allylic oxidation sites excluding steroid dienone is 3. The van der Waals surface area contributed by atoms with E-state index in [2.05, 4.69) is 16.7 Å². The first-order valence-electron chi connectivity index (χ1n) is 11.4. The van der Waals surface area contributed by atoms with Crippen LogP contribution in [-0.4, -0.2) is 29.7 Å². The number of aryl methyl sites for hydroxylation is 2. The molecule has 7 nitrogen and oxygen atoms in total. The maximum Gasteiger partial charge on any atom is 0.234 e. The summed E-state index contributed by atoms with van der Waals surface area (Å²) < 4.78 is 5.27. The van der Waals surface area contributed by atoms with Gasteiger partial charge >= 0.3 is 0 Å². The Morgan fingerprint density at radius 2 is 2.00 bits per heavy atom. The molecule has 2 aromatic rings. The third kappa shape index (κ3) is 4.91. The van der Waals surface area contributed by atoms with Crippen LogP contribution < -0.4 is 15.4 Å². The largest absolute Gasteiger partial charge is 0.504 e. The number of phenolic OH excluding ortho intramolecular Hbond substituents is 1. The lowest BCUT2D eigenvalue weighted by Crippen LogP contribution is -2.31. The number of thioether (sulfide) groups is 1. The summed E-state index contributed by atoms with van der Waals surface area (Å²) in [6, 6.07) is 13.0. The van der Waals surface area contributed by atoms with E-state index >= 15 is 0 Å². The summed E-state index contributed by atoms with van der Waals surface area (Å²) in [6.45, 7) is 3.89. The van der Waals surface area contributed by atoms with Gasteiger partial charge in [0.1, 0.15) is 0 Å². The number of carbonyl (C=O) groups is 2. The minimum Gasteiger partial charge on any atom is -0.504 e. The van der Waals surface area contributed by atoms with E-state index in [4.69, 9.17) is 4.74 Å². The van der Waals surface area contributed by atoms with Crippen LogP contribution in [-0.2, 0) is 9.59 Å². The Morgan fingerprint density at radius 1 is 1.26 bits per heavy atom. The Kier molecular flexibility index (Phi) is 7.17. The van der Waals surface area contributed by atoms with Crippen molar-refractivity contribution in [2.75, 3.05) is 18.2 Å². The molecule has 180 valence electrons. The number of anilines is 1. The SMILES string of the molecule is COc1cc([C@@H]2C(C#N)=C(SCC(=O)Nc3c(C)cccc3C)NC3=C2C(=O)CCC3)ccc1O. The number of carbonyl (C=O) groups excluding carboxylic acids is 2. The van der Waals surface area contributed by atoms with Gasteiger partial charge in [0.2, 0.25) is 5.91 Å². The Morgan fingerprint density at radius 3 is 2.69 bits per heavy atom. The maximum absolute atomic E-state index is 13.0. The number of rotatable bonds is 6. The molecule has 35 heavy (non-hydrogen) atoms. The fourth-order valence-corrected chi connectivity index (χ4v) is 5.43. The first-order valence-corrected chi connectivity index (χ1v) is 12.4. The van der Waals surface area contributed by atoms with Crippen molar-refractivity contribution in [1.29, 1.82) is 5.26 Å². The molecule has 1 amide bonds. The van der Waals surface area contributed by atoms with Crippen LogP contribution >= 0.6 is 11.8 Å². The van der Waals surface area contributed by atoms with Crippen molar-refractivity contribution in [2.24, 2.45) is 0 Å². The van der Waals surface area contributed by atoms with Crippen molar-refractivity contribution in [3.05, 3.63) is 75.0 Å². The average Bonchev–Trinajstić information content (AvgIpc) is 2.84. The quantitative estimate of drug-likeness (QED) is 0.533. The predicted octanol–water partition coefficient (Wildman–Crippen LogP) is 4.82. The third-order valence-corrected chi connectivity index (χ3v) is 7.31. The molecular formula is C27H27N3O4S. The van der Waals surface area contributed by atoms with Crippen molar-refractivity contribution in [1.82, 2.24) is 5.32 Å². The molecule has 1 aliphatic carbocycles. The van der Waals surface area contributed by atoms with Crippen LogP contribution in [0.15, 0.2) is 58.3 Å². The molecule has 0 fully saturated rings. The molecule has 3 N–H and O–H groups in total. The van der Waals surface area contributed by atoms with Gasteiger partial charge in [-0.2, -0.15) is 5.26 Å². The van der Waals surface area contributed by atoms with Crippen LogP contribution in [0.25, 0.3) is 0 Å². The molecule has 0 spiro atoms. The topological polar surface area (TPSA) is 111 Å². The minimum absolute atomic E-state index is 0.000336. The molecule has 4 rings (SSSR count). The number of benzene rings is 2. The van der Waals surface area contributed by atoms with Crippen molar-refractivity contribution in [3.8, 4) is 17.6 Å². The van der Waals surface area contributed by atoms with Gasteiger partial charge in [0.25, 0.3) is 0 Å². The van der Waals surface area contributed by atoms with Gasteiger partial charge in [-0.3, -0.25) is 9.59 Å². The maximum atomic E-state index is 13.0. The molecule has 0 aromatic heterocycles. The van der Waals surface area contributed by atoms with Crippen LogP contribution in [0, 0.1) is 25.2 Å². The summed E-state index contributed by atoms with van der Waals surface area (Å²) in [5, 5.41) is 27.0. The number of para-hydroxylation sites is 1. The molecule has 1 atom stereocenters. The Bertz CT molecular complexity index is 1290. The molecule has 1 heterocycles. The van der Waals surface area contributed by atoms with Gasteiger partial charge in [-0.05, 0) is 55.5 Å². The zero-order chi connectivity index (χ0) is 25.1. The first kappa shape index (κ1) is 24.4. The summed E-state index contributed by atoms with van der Waals surface area (Å²) in [5.74, 6) is -0.423. The highest BCUT2D eigenvalue weighted by Gasteiger charge is 2.37. The minimum atomic E-state index is -0.595. The van der Waals surface area contributed by atoms with Crippen molar-refractivity contribution < 1.29 is 19.4 Å². The fourth-order valence-electron chi connectivity index (χ4n) is 4.57. The molecule has 8 heteroatoms. The van der Waals surface area contributed by atoms with Gasteiger partial charge in [0.05, 0.1) is 35.5 Å². The Labute approximate surface area is 208 Å². The molecule has 1 aliphatic heterocycles. The van der Waals surface area contributed by atoms with Gasteiger partial charge in [-0.1, -0.05) is 36.0 Å². The number of nitrogens with zero attached hydrogens (tertiary/aromatic N) is 1. The number of methoxy groups -OCH3 is 1. The molecule has 0 radical (unpaired) electrons. The second-order valence-corrected chi connectivity index (χ2v) is 9.60. The number of Topliss-reactive ketones (excluding diaryl/α,β-unsaturated/α-hetero) is 1. The van der Waals surface area contributed by atoms with Crippen LogP contribution in [0.4, 0.5) is 5.69 Å². The molecule has 2 aliphatic rings. The number of nitriles is 1. The van der Waals surface area contributed by atoms with E-state index in [1.54, 1.807) is 12.1 Å². The number of ether oxygens (including phenoxy) is 1. The second kappa shape index (κ2) is 10.3. The normalized spacial score (nSPS) is 17.4. The van der Waals surface area contributed by atoms with E-state index in [-0.39, 0.29) is 28.9 Å². The fraction of sp³-hybridized carbons (Fsp3) is 0.296. The number of nitrogens with one attached hydrogen (secondary N) is 2. The average molecular weight is 490 g/mol. The zero-order valence-electron chi connectivity index (χ0n) is 19.9. The zero-order valence-corrected chi connectivity index (χ0v) is 20.7. The molecular weight excluding hydrogens is 462 g/mol. The molecule has 0 saturated carbocycles. The summed E-state index contributed by atoms with van der Waals surface area (Å²) in [5.41, 5.74) is 5.16. The molecule has 2 aromatic carbocycles. The number of amides is 1. The summed E-state index contributed by atoms with van der Waals surface area (Å²) >= 11 is 1.25. The van der Waals surface area contributed by atoms with E-state index in [0.29, 0.717) is 34.6 Å². The summed E-state index contributed by atoms with van der Waals surface area (Å²) in [6.07, 6.45) is 1.83. The van der Waals surface area contributed by atoms with E-state index < -0.39 is 5.92 Å². The van der Waals surface area contributed by atoms with Crippen molar-refractivity contribution in [3.63, 3.8) is 0 Å². The van der Waals surface area contributed by atoms with E-state index in [1.807, 2.05) is 32.0 Å². The van der Waals surface area contributed by atoms with Crippen LogP contribution in [0.3, 0.4) is 0 Å². The number of dihydropyridines is 1. The van der Waals surface area contributed by atoms with E-state index in [1.165, 1.54) is 24.9 Å². The smallest absolute Gasteiger partial charge is 0.234 e. The van der Waals surface area contributed by atoms with E-state index in [0.717, 1.165) is 28.9 Å². The lowest BCUT2D eigenvalue weighted by molar-refractivity contribution is -0.116. The molecule has 0 unspecified atom stereocenters. The van der Waals surface area contributed by atoms with Gasteiger partial charge in [0, 0.05) is 23.4 Å². The highest BCUT2D eigenvalue weighted by atomic mass is 32.2. The number of hydrogen-bond acceptors (Lipinski definition) is 7. The first-order chi connectivity index (χ1) is 16.8. The highest BCUT2D eigenvalue weighted by molar-refractivity contribution is 8.03. The molecule has 0 saturated heterocycles. The number of hydrogen-bond donors (Lipinski definition) is 3. The Balaban J connectivity index is 1.66. The van der Waals surface area contributed by atoms with Gasteiger partial charge < -0.3 is 20.5 Å². The van der Waals surface area contributed by atoms with Gasteiger partial charge in [-0.15, -0.1) is 0 Å². The number of ketones is 1. The second-order valence-electron chi connectivity index (χ2n) is 8.62. The summed E-state index contributed by atoms with van der Waals surface area (Å²) in [4.78, 5) is 25.7. The highest BCUT2D eigenvalue weighted by Crippen LogP contribution is 2.45. The lowest BCUT2D eigenvalue weighted by Gasteiger charge is -2.33. The Hall–Kier alpha value is -3.70. The van der Waals surface area contributed by atoms with Gasteiger partial charge in [-0.25, -0.2) is 0 Å². The predicted molar refractivity (Wildman–Crippen MR) is 136 cm³/mol. The third-order valence-electron chi connectivity index (χ3n) is 6.29. The molecule has 0 bridgehead atoms. The lowest BCUT2D eigenvalue weighted by atomic mass is 9.77. The monoisotopic (exact) mass is 489 g/mol. The standard InChI is InChI=1S/C27H27N3O4S/c1-15-6-4-7-16(2)26(15)30-23(33)14-35-27-18(13-28)24(17-10-11-20(31)22(12-17)34-3)25-19(29-27)8-5-9-21(25)32/h4,6-7,10-12,24,29,31H,5,8-9,14H2,1-3H3,(H,30,33)/t24-/m1/s1. The summed E-state index contributed by atoms with van der Waals surface area (Å²) in [7, 11) is 1.45. The van der Waals surface area contributed by atoms with Crippen LogP contribution in [0.2, 0.25) is 0 Å². The van der Waals surface area contributed by atoms with Crippen molar-refractivity contribution >= 4 is 29.1 Å². The van der Waals surface area contributed by atoms with Gasteiger partial charge in [0.15, 0.2) is 17.3 Å². The van der Waals surface area contributed by atoms with E-state index in [9.17, 15) is 20.0 Å². The number of aromatic hydroxyl groups is 1. The van der Waals surface area contributed by atoms with Crippen LogP contribution in [0.5, 0.6) is 11.5 Å². The van der Waals surface area contributed by atoms with Crippen molar-refractivity contribution in [2.45, 2.75) is 39.0 Å². The van der Waals surface area contributed by atoms with Crippen LogP contribution in [0.1, 0.15) is 41.9 Å².